The first-order valence-electron chi connectivity index (χ1n) is 14.6. The van der Waals surface area contributed by atoms with Crippen LogP contribution in [0.4, 0.5) is 4.79 Å². The summed E-state index contributed by atoms with van der Waals surface area (Å²) in [7, 11) is 0. The number of aryl methyl sites for hydroxylation is 1. The number of amides is 3. The number of hydrogen-bond acceptors (Lipinski definition) is 8. The summed E-state index contributed by atoms with van der Waals surface area (Å²) in [6, 6.07) is 9.11. The SMILES string of the molecule is Cc1cc(C(C(=O)NC(Cc2ccccc2)C(=O)OC(C)(C)C)N(C(=O)C(CO)NC(=O)OC(C)(C)C)C(C)C)ccc1O. The van der Waals surface area contributed by atoms with Gasteiger partial charge in [0.25, 0.3) is 0 Å². The van der Waals surface area contributed by atoms with E-state index >= 15 is 0 Å². The molecule has 0 saturated heterocycles. The van der Waals surface area contributed by atoms with E-state index in [0.717, 1.165) is 5.56 Å². The lowest BCUT2D eigenvalue weighted by Crippen LogP contribution is -2.57. The lowest BCUT2D eigenvalue weighted by molar-refractivity contribution is -0.159. The lowest BCUT2D eigenvalue weighted by Gasteiger charge is -2.37. The van der Waals surface area contributed by atoms with Crippen LogP contribution in [-0.2, 0) is 30.3 Å². The molecule has 0 aromatic heterocycles. The Morgan fingerprint density at radius 2 is 1.45 bits per heavy atom. The number of aliphatic hydroxyl groups is 1. The predicted molar refractivity (Wildman–Crippen MR) is 166 cm³/mol. The zero-order valence-corrected chi connectivity index (χ0v) is 27.1. The van der Waals surface area contributed by atoms with E-state index in [4.69, 9.17) is 9.47 Å². The third kappa shape index (κ3) is 10.9. The number of ether oxygens (including phenoxy) is 2. The summed E-state index contributed by atoms with van der Waals surface area (Å²) >= 11 is 0. The number of carbonyl (C=O) groups is 4. The average Bonchev–Trinajstić information content (AvgIpc) is 2.89. The third-order valence-corrected chi connectivity index (χ3v) is 6.34. The largest absolute Gasteiger partial charge is 0.508 e. The Morgan fingerprint density at radius 3 is 1.95 bits per heavy atom. The van der Waals surface area contributed by atoms with Crippen LogP contribution in [-0.4, -0.2) is 74.9 Å². The molecule has 11 nitrogen and oxygen atoms in total. The standard InChI is InChI=1S/C33H47N3O8/c1-20(2)36(29(40)25(19-37)35-31(42)44-33(7,8)9)27(23-15-16-26(38)21(3)17-23)28(39)34-24(30(41)43-32(4,5)6)18-22-13-11-10-12-14-22/h10-17,20,24-25,27,37-38H,18-19H2,1-9H3,(H,34,39)(H,35,42). The van der Waals surface area contributed by atoms with Crippen LogP contribution in [0, 0.1) is 6.92 Å². The Balaban J connectivity index is 2.58. The van der Waals surface area contributed by atoms with E-state index < -0.39 is 65.9 Å². The van der Waals surface area contributed by atoms with E-state index in [-0.39, 0.29) is 12.2 Å². The van der Waals surface area contributed by atoms with Crippen molar-refractivity contribution in [2.24, 2.45) is 0 Å². The highest BCUT2D eigenvalue weighted by atomic mass is 16.6. The van der Waals surface area contributed by atoms with E-state index in [0.29, 0.717) is 11.1 Å². The van der Waals surface area contributed by atoms with Gasteiger partial charge in [-0.25, -0.2) is 9.59 Å². The fourth-order valence-corrected chi connectivity index (χ4v) is 4.45. The van der Waals surface area contributed by atoms with E-state index in [2.05, 4.69) is 10.6 Å². The van der Waals surface area contributed by atoms with Crippen molar-refractivity contribution in [3.63, 3.8) is 0 Å². The van der Waals surface area contributed by atoms with Crippen molar-refractivity contribution < 1.29 is 38.9 Å². The quantitative estimate of drug-likeness (QED) is 0.278. The Kier molecular flexibility index (Phi) is 12.3. The summed E-state index contributed by atoms with van der Waals surface area (Å²) in [5, 5.41) is 25.5. The first-order valence-corrected chi connectivity index (χ1v) is 14.6. The average molecular weight is 614 g/mol. The number of phenols is 1. The van der Waals surface area contributed by atoms with Crippen molar-refractivity contribution in [3.05, 3.63) is 65.2 Å². The minimum absolute atomic E-state index is 0.00846. The van der Waals surface area contributed by atoms with E-state index in [1.807, 2.05) is 30.3 Å². The molecule has 0 aliphatic heterocycles. The smallest absolute Gasteiger partial charge is 0.408 e. The van der Waals surface area contributed by atoms with Crippen LogP contribution in [0.2, 0.25) is 0 Å². The summed E-state index contributed by atoms with van der Waals surface area (Å²) in [5.41, 5.74) is -0.108. The van der Waals surface area contributed by atoms with Crippen LogP contribution in [0.1, 0.15) is 78.1 Å². The number of benzene rings is 2. The zero-order chi connectivity index (χ0) is 33.4. The molecule has 0 saturated carbocycles. The summed E-state index contributed by atoms with van der Waals surface area (Å²) in [6.45, 7) is 14.4. The number of alkyl carbamates (subject to hydrolysis) is 1. The molecule has 4 N–H and O–H groups in total. The summed E-state index contributed by atoms with van der Waals surface area (Å²) in [4.78, 5) is 55.3. The Morgan fingerprint density at radius 1 is 0.864 bits per heavy atom. The molecule has 0 aliphatic rings. The molecule has 0 fully saturated rings. The van der Waals surface area contributed by atoms with Gasteiger partial charge in [-0.05, 0) is 91.1 Å². The minimum Gasteiger partial charge on any atom is -0.508 e. The van der Waals surface area contributed by atoms with Crippen molar-refractivity contribution in [3.8, 4) is 5.75 Å². The molecule has 0 spiro atoms. The maximum atomic E-state index is 14.2. The number of nitrogens with zero attached hydrogens (tertiary/aromatic N) is 1. The van der Waals surface area contributed by atoms with Crippen LogP contribution in [0.15, 0.2) is 48.5 Å². The van der Waals surface area contributed by atoms with Gasteiger partial charge < -0.3 is 35.2 Å². The normalized spacial score (nSPS) is 13.8. The number of aromatic hydroxyl groups is 1. The molecule has 2 aromatic carbocycles. The molecule has 2 rings (SSSR count). The number of esters is 1. The number of carbonyl (C=O) groups excluding carboxylic acids is 4. The molecular formula is C33H47N3O8. The number of phenolic OH excluding ortho intramolecular Hbond substituents is 1. The number of nitrogens with one attached hydrogen (secondary N) is 2. The molecule has 44 heavy (non-hydrogen) atoms. The molecule has 2 aromatic rings. The molecule has 0 radical (unpaired) electrons. The van der Waals surface area contributed by atoms with Crippen molar-refractivity contribution >= 4 is 23.9 Å². The summed E-state index contributed by atoms with van der Waals surface area (Å²) in [5.74, 6) is -2.11. The van der Waals surface area contributed by atoms with Gasteiger partial charge in [-0.2, -0.15) is 0 Å². The number of aliphatic hydroxyl groups excluding tert-OH is 1. The fourth-order valence-electron chi connectivity index (χ4n) is 4.45. The fraction of sp³-hybridized carbons (Fsp3) is 0.515. The highest BCUT2D eigenvalue weighted by Crippen LogP contribution is 2.29. The maximum absolute atomic E-state index is 14.2. The van der Waals surface area contributed by atoms with Crippen LogP contribution in [0.5, 0.6) is 5.75 Å². The van der Waals surface area contributed by atoms with Gasteiger partial charge in [0.1, 0.15) is 35.1 Å². The monoisotopic (exact) mass is 613 g/mol. The Bertz CT molecular complexity index is 1300. The van der Waals surface area contributed by atoms with Crippen molar-refractivity contribution in [2.75, 3.05) is 6.61 Å². The highest BCUT2D eigenvalue weighted by molar-refractivity contribution is 5.94. The molecular weight excluding hydrogens is 566 g/mol. The van der Waals surface area contributed by atoms with Gasteiger partial charge in [-0.1, -0.05) is 36.4 Å². The predicted octanol–water partition coefficient (Wildman–Crippen LogP) is 3.93. The highest BCUT2D eigenvalue weighted by Gasteiger charge is 2.39. The van der Waals surface area contributed by atoms with Crippen molar-refractivity contribution in [1.29, 1.82) is 0 Å². The van der Waals surface area contributed by atoms with Gasteiger partial charge in [0, 0.05) is 12.5 Å². The number of hydrogen-bond donors (Lipinski definition) is 4. The van der Waals surface area contributed by atoms with Gasteiger partial charge in [-0.15, -0.1) is 0 Å². The molecule has 0 bridgehead atoms. The zero-order valence-electron chi connectivity index (χ0n) is 27.1. The molecule has 3 unspecified atom stereocenters. The van der Waals surface area contributed by atoms with Crippen LogP contribution < -0.4 is 10.6 Å². The second-order valence-corrected chi connectivity index (χ2v) is 13.0. The second kappa shape index (κ2) is 15.1. The first-order chi connectivity index (χ1) is 20.3. The van der Waals surface area contributed by atoms with Crippen molar-refractivity contribution in [1.82, 2.24) is 15.5 Å². The van der Waals surface area contributed by atoms with Crippen molar-refractivity contribution in [2.45, 2.75) is 104 Å². The third-order valence-electron chi connectivity index (χ3n) is 6.34. The summed E-state index contributed by atoms with van der Waals surface area (Å²) < 4.78 is 10.9. The van der Waals surface area contributed by atoms with Gasteiger partial charge in [0.15, 0.2) is 0 Å². The minimum atomic E-state index is -1.44. The van der Waals surface area contributed by atoms with Gasteiger partial charge in [0.05, 0.1) is 6.61 Å². The number of rotatable bonds is 11. The molecule has 242 valence electrons. The van der Waals surface area contributed by atoms with Crippen LogP contribution >= 0.6 is 0 Å². The molecule has 3 amide bonds. The molecule has 11 heteroatoms. The topological polar surface area (TPSA) is 154 Å². The van der Waals surface area contributed by atoms with E-state index in [9.17, 15) is 29.4 Å². The Labute approximate surface area is 259 Å². The van der Waals surface area contributed by atoms with Gasteiger partial charge in [-0.3, -0.25) is 9.59 Å². The summed E-state index contributed by atoms with van der Waals surface area (Å²) in [6.07, 6.45) is -0.791. The maximum Gasteiger partial charge on any atom is 0.408 e. The molecule has 0 heterocycles. The first kappa shape index (κ1) is 36.1. The van der Waals surface area contributed by atoms with Gasteiger partial charge in [0.2, 0.25) is 11.8 Å². The second-order valence-electron chi connectivity index (χ2n) is 13.0. The van der Waals surface area contributed by atoms with Crippen LogP contribution in [0.3, 0.4) is 0 Å². The van der Waals surface area contributed by atoms with E-state index in [1.165, 1.54) is 17.0 Å². The van der Waals surface area contributed by atoms with Gasteiger partial charge >= 0.3 is 12.1 Å². The van der Waals surface area contributed by atoms with E-state index in [1.54, 1.807) is 68.4 Å². The Hall–Kier alpha value is -4.12. The lowest BCUT2D eigenvalue weighted by atomic mass is 9.98. The molecule has 0 aliphatic carbocycles. The van der Waals surface area contributed by atoms with Crippen LogP contribution in [0.25, 0.3) is 0 Å². The molecule has 3 atom stereocenters.